The molecule has 0 bridgehead atoms. The predicted molar refractivity (Wildman–Crippen MR) is 122 cm³/mol. The molecule has 8 heteroatoms. The van der Waals surface area contributed by atoms with Gasteiger partial charge in [-0.3, -0.25) is 14.3 Å². The number of hydrogen-bond acceptors (Lipinski definition) is 6. The zero-order chi connectivity index (χ0) is 21.2. The minimum absolute atomic E-state index is 0.172. The van der Waals surface area contributed by atoms with Gasteiger partial charge in [0, 0.05) is 55.9 Å². The van der Waals surface area contributed by atoms with Crippen molar-refractivity contribution in [1.82, 2.24) is 24.6 Å². The molecule has 5 rings (SSSR count). The average molecular weight is 435 g/mol. The van der Waals surface area contributed by atoms with E-state index in [1.165, 1.54) is 17.4 Å². The van der Waals surface area contributed by atoms with Gasteiger partial charge < -0.3 is 9.80 Å². The van der Waals surface area contributed by atoms with Crippen LogP contribution in [0.3, 0.4) is 0 Å². The molecule has 2 fully saturated rings. The summed E-state index contributed by atoms with van der Waals surface area (Å²) in [7, 11) is 0. The number of benzene rings is 1. The van der Waals surface area contributed by atoms with Crippen LogP contribution in [0, 0.1) is 0 Å². The monoisotopic (exact) mass is 434 g/mol. The first-order valence-corrected chi connectivity index (χ1v) is 11.7. The Morgan fingerprint density at radius 2 is 1.81 bits per heavy atom. The van der Waals surface area contributed by atoms with Gasteiger partial charge in [0.2, 0.25) is 5.91 Å². The van der Waals surface area contributed by atoms with Gasteiger partial charge in [-0.1, -0.05) is 30.0 Å². The summed E-state index contributed by atoms with van der Waals surface area (Å²) < 4.78 is 2.19. The summed E-state index contributed by atoms with van der Waals surface area (Å²) in [6.07, 6.45) is 5.83. The Labute approximate surface area is 186 Å². The number of rotatable bonds is 6. The molecule has 0 radical (unpaired) electrons. The van der Waals surface area contributed by atoms with Crippen molar-refractivity contribution in [3.8, 4) is 11.4 Å². The van der Waals surface area contributed by atoms with E-state index in [-0.39, 0.29) is 11.2 Å². The molecule has 1 saturated carbocycles. The first-order valence-electron chi connectivity index (χ1n) is 10.8. The van der Waals surface area contributed by atoms with Crippen LogP contribution in [0.5, 0.6) is 0 Å². The van der Waals surface area contributed by atoms with Crippen molar-refractivity contribution in [2.75, 3.05) is 31.1 Å². The number of carbonyl (C=O) groups excluding carboxylic acids is 1. The van der Waals surface area contributed by atoms with Crippen molar-refractivity contribution in [2.45, 2.75) is 36.2 Å². The third-order valence-electron chi connectivity index (χ3n) is 5.84. The van der Waals surface area contributed by atoms with Crippen molar-refractivity contribution in [1.29, 1.82) is 0 Å². The molecule has 3 heterocycles. The van der Waals surface area contributed by atoms with Crippen LogP contribution in [0.25, 0.3) is 11.4 Å². The highest BCUT2D eigenvalue weighted by Gasteiger charge is 2.33. The molecule has 2 aliphatic rings. The fourth-order valence-electron chi connectivity index (χ4n) is 4.00. The molecule has 3 aromatic rings. The summed E-state index contributed by atoms with van der Waals surface area (Å²) in [5, 5.41) is 9.50. The Balaban J connectivity index is 1.25. The number of thioether (sulfide) groups is 1. The second-order valence-electron chi connectivity index (χ2n) is 8.06. The highest BCUT2D eigenvalue weighted by molar-refractivity contribution is 8.00. The highest BCUT2D eigenvalue weighted by Crippen LogP contribution is 2.41. The van der Waals surface area contributed by atoms with Gasteiger partial charge in [0.1, 0.15) is 0 Å². The largest absolute Gasteiger partial charge is 0.368 e. The Morgan fingerprint density at radius 3 is 2.48 bits per heavy atom. The molecule has 1 saturated heterocycles. The molecular formula is C23H26N6OS. The molecule has 1 atom stereocenters. The van der Waals surface area contributed by atoms with Crippen LogP contribution >= 0.6 is 11.8 Å². The molecule has 0 spiro atoms. The lowest BCUT2D eigenvalue weighted by Crippen LogP contribution is -2.50. The Morgan fingerprint density at radius 1 is 1.03 bits per heavy atom. The summed E-state index contributed by atoms with van der Waals surface area (Å²) in [5.74, 6) is 1.01. The minimum atomic E-state index is -0.202. The van der Waals surface area contributed by atoms with E-state index in [0.29, 0.717) is 6.04 Å². The number of carbonyl (C=O) groups is 1. The molecule has 160 valence electrons. The van der Waals surface area contributed by atoms with Gasteiger partial charge in [-0.2, -0.15) is 0 Å². The topological polar surface area (TPSA) is 67.2 Å². The fraction of sp³-hybridized carbons (Fsp3) is 0.391. The molecule has 1 aromatic carbocycles. The lowest BCUT2D eigenvalue weighted by molar-refractivity contribution is -0.130. The van der Waals surface area contributed by atoms with E-state index in [0.717, 1.165) is 55.6 Å². The number of amides is 1. The number of anilines is 1. The van der Waals surface area contributed by atoms with Crippen LogP contribution in [0.1, 0.15) is 25.8 Å². The van der Waals surface area contributed by atoms with E-state index < -0.39 is 0 Å². The highest BCUT2D eigenvalue weighted by atomic mass is 32.2. The van der Waals surface area contributed by atoms with Crippen LogP contribution in [0.2, 0.25) is 0 Å². The number of nitrogens with zero attached hydrogens (tertiary/aromatic N) is 6. The van der Waals surface area contributed by atoms with Crippen molar-refractivity contribution in [3.63, 3.8) is 0 Å². The lowest BCUT2D eigenvalue weighted by atomic mass is 10.2. The van der Waals surface area contributed by atoms with Gasteiger partial charge in [-0.15, -0.1) is 10.2 Å². The molecule has 0 N–H and O–H groups in total. The number of para-hydroxylation sites is 1. The zero-order valence-electron chi connectivity index (χ0n) is 17.6. The molecule has 2 aromatic heterocycles. The van der Waals surface area contributed by atoms with Gasteiger partial charge in [0.05, 0.1) is 5.25 Å². The van der Waals surface area contributed by atoms with Gasteiger partial charge >= 0.3 is 0 Å². The SMILES string of the molecule is CC(Sc1nnc(-c2cccnc2)n1C1CC1)C(=O)N1CCN(c2ccccc2)CC1. The summed E-state index contributed by atoms with van der Waals surface area (Å²) in [4.78, 5) is 21.7. The molecular weight excluding hydrogens is 408 g/mol. The summed E-state index contributed by atoms with van der Waals surface area (Å²) >= 11 is 1.52. The third-order valence-corrected chi connectivity index (χ3v) is 6.88. The second-order valence-corrected chi connectivity index (χ2v) is 9.36. The maximum Gasteiger partial charge on any atom is 0.236 e. The van der Waals surface area contributed by atoms with E-state index in [9.17, 15) is 4.79 Å². The van der Waals surface area contributed by atoms with E-state index in [1.807, 2.05) is 36.2 Å². The van der Waals surface area contributed by atoms with Gasteiger partial charge in [-0.05, 0) is 44.0 Å². The lowest BCUT2D eigenvalue weighted by Gasteiger charge is -2.37. The van der Waals surface area contributed by atoms with Crippen molar-refractivity contribution < 1.29 is 4.79 Å². The normalized spacial score (nSPS) is 17.6. The average Bonchev–Trinajstić information content (AvgIpc) is 3.59. The predicted octanol–water partition coefficient (Wildman–Crippen LogP) is 3.50. The van der Waals surface area contributed by atoms with E-state index >= 15 is 0 Å². The fourth-order valence-corrected chi connectivity index (χ4v) is 5.00. The minimum Gasteiger partial charge on any atom is -0.368 e. The number of pyridine rings is 1. The molecule has 1 amide bonds. The number of piperazine rings is 1. The van der Waals surface area contributed by atoms with E-state index in [4.69, 9.17) is 0 Å². The van der Waals surface area contributed by atoms with Crippen LogP contribution in [-0.4, -0.2) is 62.0 Å². The van der Waals surface area contributed by atoms with Gasteiger partial charge in [0.25, 0.3) is 0 Å². The number of hydrogen-bond donors (Lipinski definition) is 0. The molecule has 1 aliphatic heterocycles. The molecule has 1 aliphatic carbocycles. The van der Waals surface area contributed by atoms with Gasteiger partial charge in [0.15, 0.2) is 11.0 Å². The number of aromatic nitrogens is 4. The van der Waals surface area contributed by atoms with E-state index in [1.54, 1.807) is 6.20 Å². The standard InChI is InChI=1S/C23H26N6OS/c1-17(22(30)28-14-12-27(13-15-28)19-7-3-2-4-8-19)31-23-26-25-21(29(23)20-9-10-20)18-6-5-11-24-16-18/h2-8,11,16-17,20H,9-10,12-15H2,1H3. The van der Waals surface area contributed by atoms with Crippen molar-refractivity contribution in [2.24, 2.45) is 0 Å². The van der Waals surface area contributed by atoms with Crippen LogP contribution in [-0.2, 0) is 4.79 Å². The maximum atomic E-state index is 13.1. The Bertz CT molecular complexity index is 1030. The van der Waals surface area contributed by atoms with Crippen LogP contribution in [0.15, 0.2) is 60.0 Å². The quantitative estimate of drug-likeness (QED) is 0.553. The second kappa shape index (κ2) is 8.70. The summed E-state index contributed by atoms with van der Waals surface area (Å²) in [5.41, 5.74) is 2.18. The maximum absolute atomic E-state index is 13.1. The molecule has 1 unspecified atom stereocenters. The van der Waals surface area contributed by atoms with E-state index in [2.05, 4.69) is 48.9 Å². The molecule has 31 heavy (non-hydrogen) atoms. The van der Waals surface area contributed by atoms with Crippen molar-refractivity contribution >= 4 is 23.4 Å². The van der Waals surface area contributed by atoms with Gasteiger partial charge in [-0.25, -0.2) is 0 Å². The Hall–Kier alpha value is -2.87. The zero-order valence-corrected chi connectivity index (χ0v) is 18.4. The van der Waals surface area contributed by atoms with Crippen molar-refractivity contribution in [3.05, 3.63) is 54.9 Å². The van der Waals surface area contributed by atoms with Crippen LogP contribution in [0.4, 0.5) is 5.69 Å². The summed E-state index contributed by atoms with van der Waals surface area (Å²) in [6.45, 7) is 5.18. The molecule has 7 nitrogen and oxygen atoms in total. The Kier molecular flexibility index (Phi) is 5.63. The smallest absolute Gasteiger partial charge is 0.236 e. The summed E-state index contributed by atoms with van der Waals surface area (Å²) in [6, 6.07) is 14.7. The van der Waals surface area contributed by atoms with Crippen LogP contribution < -0.4 is 4.90 Å². The first-order chi connectivity index (χ1) is 15.2. The third kappa shape index (κ3) is 4.30. The first kappa shape index (κ1) is 20.1.